The summed E-state index contributed by atoms with van der Waals surface area (Å²) >= 11 is 1.11. The Kier molecular flexibility index (Phi) is 4.61. The molecule has 1 N–H and O–H groups in total. The maximum atomic E-state index is 12.0. The summed E-state index contributed by atoms with van der Waals surface area (Å²) in [7, 11) is -2.08. The lowest BCUT2D eigenvalue weighted by molar-refractivity contribution is -0.137. The van der Waals surface area contributed by atoms with E-state index in [0.717, 1.165) is 15.6 Å². The Labute approximate surface area is 104 Å². The standard InChI is InChI=1S/C9H14N2O4S2/c1-7-10-6-9(16-7)17(14,15)11(2)5-3-4-8(12)13/h6H,3-5H2,1-2H3,(H,12,13). The second-order valence-corrected chi connectivity index (χ2v) is 7.03. The largest absolute Gasteiger partial charge is 0.481 e. The number of hydrogen-bond donors (Lipinski definition) is 1. The van der Waals surface area contributed by atoms with E-state index < -0.39 is 16.0 Å². The fraction of sp³-hybridized carbons (Fsp3) is 0.556. The van der Waals surface area contributed by atoms with Crippen molar-refractivity contribution in [3.8, 4) is 0 Å². The molecular weight excluding hydrogens is 264 g/mol. The zero-order valence-corrected chi connectivity index (χ0v) is 11.2. The summed E-state index contributed by atoms with van der Waals surface area (Å²) in [5.74, 6) is -0.926. The summed E-state index contributed by atoms with van der Waals surface area (Å²) < 4.78 is 25.3. The number of sulfonamides is 1. The van der Waals surface area contributed by atoms with Crippen molar-refractivity contribution in [1.29, 1.82) is 0 Å². The lowest BCUT2D eigenvalue weighted by Crippen LogP contribution is -2.27. The minimum absolute atomic E-state index is 0.0401. The molecule has 0 aliphatic carbocycles. The fourth-order valence-corrected chi connectivity index (χ4v) is 3.72. The van der Waals surface area contributed by atoms with Crippen molar-refractivity contribution >= 4 is 27.3 Å². The van der Waals surface area contributed by atoms with Gasteiger partial charge in [0.2, 0.25) is 0 Å². The van der Waals surface area contributed by atoms with Gasteiger partial charge in [0, 0.05) is 20.0 Å². The average Bonchev–Trinajstić information content (AvgIpc) is 2.64. The molecule has 0 amide bonds. The highest BCUT2D eigenvalue weighted by atomic mass is 32.2. The van der Waals surface area contributed by atoms with Crippen molar-refractivity contribution in [1.82, 2.24) is 9.29 Å². The van der Waals surface area contributed by atoms with Gasteiger partial charge in [-0.2, -0.15) is 0 Å². The third-order valence-corrected chi connectivity index (χ3v) is 5.33. The molecule has 0 unspecified atom stereocenters. The van der Waals surface area contributed by atoms with Gasteiger partial charge >= 0.3 is 5.97 Å². The van der Waals surface area contributed by atoms with Crippen LogP contribution in [0.15, 0.2) is 10.4 Å². The molecule has 1 rings (SSSR count). The number of hydrogen-bond acceptors (Lipinski definition) is 5. The van der Waals surface area contributed by atoms with E-state index in [1.165, 1.54) is 13.2 Å². The monoisotopic (exact) mass is 278 g/mol. The van der Waals surface area contributed by atoms with Gasteiger partial charge in [-0.3, -0.25) is 4.79 Å². The topological polar surface area (TPSA) is 87.6 Å². The van der Waals surface area contributed by atoms with E-state index in [2.05, 4.69) is 4.98 Å². The summed E-state index contributed by atoms with van der Waals surface area (Å²) in [6.45, 7) is 1.92. The molecule has 0 aromatic carbocycles. The van der Waals surface area contributed by atoms with E-state index >= 15 is 0 Å². The number of aromatic nitrogens is 1. The van der Waals surface area contributed by atoms with Crippen LogP contribution in [0.4, 0.5) is 0 Å². The number of nitrogens with zero attached hydrogens (tertiary/aromatic N) is 2. The molecule has 0 spiro atoms. The number of aliphatic carboxylic acids is 1. The number of carbonyl (C=O) groups is 1. The first kappa shape index (κ1) is 14.1. The molecular formula is C9H14N2O4S2. The molecule has 6 nitrogen and oxygen atoms in total. The van der Waals surface area contributed by atoms with Crippen molar-refractivity contribution in [3.05, 3.63) is 11.2 Å². The Morgan fingerprint density at radius 1 is 1.59 bits per heavy atom. The highest BCUT2D eigenvalue weighted by Gasteiger charge is 2.22. The molecule has 96 valence electrons. The van der Waals surface area contributed by atoms with Crippen LogP contribution in [0.1, 0.15) is 17.8 Å². The van der Waals surface area contributed by atoms with Crippen molar-refractivity contribution in [3.63, 3.8) is 0 Å². The van der Waals surface area contributed by atoms with E-state index in [1.807, 2.05) is 0 Å². The second kappa shape index (κ2) is 5.56. The third-order valence-electron chi connectivity index (χ3n) is 2.13. The Hall–Kier alpha value is -0.990. The molecule has 1 aromatic rings. The summed E-state index contributed by atoms with van der Waals surface area (Å²) in [6, 6.07) is 0. The van der Waals surface area contributed by atoms with Gasteiger partial charge < -0.3 is 5.11 Å². The lowest BCUT2D eigenvalue weighted by atomic mass is 10.3. The van der Waals surface area contributed by atoms with Gasteiger partial charge in [-0.1, -0.05) is 0 Å². The number of carboxylic acids is 1. The predicted octanol–water partition coefficient (Wildman–Crippen LogP) is 0.937. The Morgan fingerprint density at radius 2 is 2.24 bits per heavy atom. The molecule has 0 saturated heterocycles. The number of thiazole rings is 1. The highest BCUT2D eigenvalue weighted by Crippen LogP contribution is 2.21. The van der Waals surface area contributed by atoms with E-state index in [9.17, 15) is 13.2 Å². The zero-order valence-electron chi connectivity index (χ0n) is 9.58. The van der Waals surface area contributed by atoms with E-state index in [-0.39, 0.29) is 17.2 Å². The summed E-state index contributed by atoms with van der Waals surface area (Å²) in [4.78, 5) is 14.2. The molecule has 8 heteroatoms. The van der Waals surface area contributed by atoms with E-state index in [1.54, 1.807) is 6.92 Å². The molecule has 0 aliphatic rings. The first-order chi connectivity index (χ1) is 7.84. The van der Waals surface area contributed by atoms with Crippen LogP contribution in [-0.2, 0) is 14.8 Å². The Bertz CT molecular complexity index is 495. The maximum Gasteiger partial charge on any atom is 0.303 e. The van der Waals surface area contributed by atoms with Crippen molar-refractivity contribution in [2.45, 2.75) is 24.0 Å². The maximum absolute atomic E-state index is 12.0. The molecule has 17 heavy (non-hydrogen) atoms. The first-order valence-corrected chi connectivity index (χ1v) is 7.20. The van der Waals surface area contributed by atoms with Crippen LogP contribution in [0.5, 0.6) is 0 Å². The van der Waals surface area contributed by atoms with Crippen LogP contribution >= 0.6 is 11.3 Å². The third kappa shape index (κ3) is 3.76. The Morgan fingerprint density at radius 3 is 2.71 bits per heavy atom. The van der Waals surface area contributed by atoms with Crippen molar-refractivity contribution in [2.75, 3.05) is 13.6 Å². The number of rotatable bonds is 6. The zero-order chi connectivity index (χ0) is 13.1. The summed E-state index contributed by atoms with van der Waals surface area (Å²) in [6.07, 6.45) is 1.58. The summed E-state index contributed by atoms with van der Waals surface area (Å²) in [5.41, 5.74) is 0. The van der Waals surface area contributed by atoms with Gasteiger partial charge in [-0.05, 0) is 13.3 Å². The van der Waals surface area contributed by atoms with E-state index in [4.69, 9.17) is 5.11 Å². The predicted molar refractivity (Wildman–Crippen MR) is 63.5 cm³/mol. The molecule has 1 heterocycles. The minimum atomic E-state index is -3.52. The van der Waals surface area contributed by atoms with Crippen LogP contribution in [0, 0.1) is 6.92 Å². The van der Waals surface area contributed by atoms with Crippen LogP contribution < -0.4 is 0 Å². The molecule has 0 bridgehead atoms. The molecule has 0 atom stereocenters. The quantitative estimate of drug-likeness (QED) is 0.836. The van der Waals surface area contributed by atoms with Gasteiger partial charge in [0.1, 0.15) is 0 Å². The van der Waals surface area contributed by atoms with E-state index in [0.29, 0.717) is 11.4 Å². The van der Waals surface area contributed by atoms with Crippen molar-refractivity contribution in [2.24, 2.45) is 0 Å². The average molecular weight is 278 g/mol. The fourth-order valence-electron chi connectivity index (χ4n) is 1.19. The molecule has 0 saturated carbocycles. The minimum Gasteiger partial charge on any atom is -0.481 e. The van der Waals surface area contributed by atoms with Crippen LogP contribution in [-0.4, -0.2) is 42.4 Å². The molecule has 1 aromatic heterocycles. The number of aryl methyl sites for hydroxylation is 1. The highest BCUT2D eigenvalue weighted by molar-refractivity contribution is 7.91. The summed E-state index contributed by atoms with van der Waals surface area (Å²) in [5, 5.41) is 9.16. The van der Waals surface area contributed by atoms with Crippen LogP contribution in [0.3, 0.4) is 0 Å². The first-order valence-electron chi connectivity index (χ1n) is 4.94. The van der Waals surface area contributed by atoms with Gasteiger partial charge in [-0.15, -0.1) is 11.3 Å². The van der Waals surface area contributed by atoms with Crippen LogP contribution in [0.25, 0.3) is 0 Å². The van der Waals surface area contributed by atoms with Gasteiger partial charge in [0.05, 0.1) is 11.2 Å². The van der Waals surface area contributed by atoms with Crippen molar-refractivity contribution < 1.29 is 18.3 Å². The molecule has 0 aliphatic heterocycles. The van der Waals surface area contributed by atoms with Crippen LogP contribution in [0.2, 0.25) is 0 Å². The Balaban J connectivity index is 2.67. The smallest absolute Gasteiger partial charge is 0.303 e. The second-order valence-electron chi connectivity index (χ2n) is 3.52. The lowest BCUT2D eigenvalue weighted by Gasteiger charge is -2.14. The number of carboxylic acid groups (broad SMARTS) is 1. The SMILES string of the molecule is Cc1ncc(S(=O)(=O)N(C)CCCC(=O)O)s1. The van der Waals surface area contributed by atoms with Gasteiger partial charge in [0.25, 0.3) is 10.0 Å². The molecule has 0 radical (unpaired) electrons. The van der Waals surface area contributed by atoms with Gasteiger partial charge in [0.15, 0.2) is 4.21 Å². The van der Waals surface area contributed by atoms with Gasteiger partial charge in [-0.25, -0.2) is 17.7 Å². The molecule has 0 fully saturated rings. The normalized spacial score (nSPS) is 11.9.